The zero-order valence-corrected chi connectivity index (χ0v) is 18.0. The molecule has 10 heteroatoms. The maximum absolute atomic E-state index is 13.0. The molecule has 0 spiro atoms. The van der Waals surface area contributed by atoms with E-state index >= 15 is 0 Å². The Morgan fingerprint density at radius 1 is 1.13 bits per heavy atom. The number of ether oxygens (including phenoxy) is 1. The molecule has 0 aliphatic carbocycles. The van der Waals surface area contributed by atoms with E-state index in [1.165, 1.54) is 25.1 Å². The van der Waals surface area contributed by atoms with Gasteiger partial charge in [0.05, 0.1) is 22.5 Å². The molecule has 0 fully saturated rings. The number of aromatic nitrogens is 2. The second kappa shape index (κ2) is 8.91. The molecule has 0 N–H and O–H groups in total. The summed E-state index contributed by atoms with van der Waals surface area (Å²) in [4.78, 5) is 31.9. The number of nitrogens with zero attached hydrogens (tertiary/aromatic N) is 2. The fraction of sp³-hybridized carbons (Fsp3) is 0.143. The van der Waals surface area contributed by atoms with Gasteiger partial charge in [0.25, 0.3) is 0 Å². The van der Waals surface area contributed by atoms with Crippen LogP contribution in [0, 0.1) is 12.7 Å². The Labute approximate surface area is 182 Å². The van der Waals surface area contributed by atoms with Gasteiger partial charge < -0.3 is 4.74 Å². The van der Waals surface area contributed by atoms with E-state index in [-0.39, 0.29) is 22.1 Å². The Bertz CT molecular complexity index is 1280. The number of carbonyl (C=O) groups is 2. The third-order valence-electron chi connectivity index (χ3n) is 4.18. The molecule has 0 unspecified atom stereocenters. The topological polar surface area (TPSA) is 103 Å². The van der Waals surface area contributed by atoms with E-state index in [1.54, 1.807) is 19.1 Å². The number of ketones is 1. The minimum atomic E-state index is -4.06. The van der Waals surface area contributed by atoms with E-state index in [0.717, 1.165) is 23.9 Å². The van der Waals surface area contributed by atoms with Crippen LogP contribution in [0.1, 0.15) is 38.9 Å². The summed E-state index contributed by atoms with van der Waals surface area (Å²) in [6.45, 7) is 3.10. The third kappa shape index (κ3) is 5.31. The zero-order chi connectivity index (χ0) is 22.8. The van der Waals surface area contributed by atoms with Crippen molar-refractivity contribution in [2.45, 2.75) is 24.8 Å². The van der Waals surface area contributed by atoms with Gasteiger partial charge in [0.2, 0.25) is 15.0 Å². The van der Waals surface area contributed by atoms with Gasteiger partial charge >= 0.3 is 5.97 Å². The lowest BCUT2D eigenvalue weighted by Crippen LogP contribution is -2.17. The van der Waals surface area contributed by atoms with Gasteiger partial charge in [0.15, 0.2) is 11.5 Å². The predicted octanol–water partition coefficient (Wildman–Crippen LogP) is 3.97. The van der Waals surface area contributed by atoms with E-state index in [2.05, 4.69) is 9.97 Å². The van der Waals surface area contributed by atoms with Crippen LogP contribution in [0.15, 0.2) is 53.8 Å². The first-order chi connectivity index (χ1) is 14.6. The van der Waals surface area contributed by atoms with Crippen molar-refractivity contribution in [3.8, 4) is 5.75 Å². The van der Waals surface area contributed by atoms with Crippen molar-refractivity contribution in [3.05, 3.63) is 81.9 Å². The summed E-state index contributed by atoms with van der Waals surface area (Å²) in [7, 11) is -4.06. The van der Waals surface area contributed by atoms with E-state index in [1.807, 2.05) is 0 Å². The number of aryl methyl sites for hydroxylation is 1. The highest BCUT2D eigenvalue weighted by atomic mass is 35.5. The third-order valence-corrected chi connectivity index (χ3v) is 5.92. The van der Waals surface area contributed by atoms with Gasteiger partial charge in [-0.25, -0.2) is 27.6 Å². The van der Waals surface area contributed by atoms with Crippen molar-refractivity contribution >= 4 is 33.2 Å². The molecule has 0 radical (unpaired) electrons. The summed E-state index contributed by atoms with van der Waals surface area (Å²) >= 11 is 5.98. The van der Waals surface area contributed by atoms with Crippen LogP contribution in [-0.2, 0) is 15.6 Å². The predicted molar refractivity (Wildman–Crippen MR) is 110 cm³/mol. The highest BCUT2D eigenvalue weighted by Gasteiger charge is 2.25. The average Bonchev–Trinajstić information content (AvgIpc) is 2.70. The molecule has 3 rings (SSSR count). The summed E-state index contributed by atoms with van der Waals surface area (Å²) < 4.78 is 43.6. The van der Waals surface area contributed by atoms with Crippen molar-refractivity contribution in [2.75, 3.05) is 0 Å². The summed E-state index contributed by atoms with van der Waals surface area (Å²) in [5.74, 6) is -2.38. The van der Waals surface area contributed by atoms with Crippen molar-refractivity contribution in [1.29, 1.82) is 0 Å². The Kier molecular flexibility index (Phi) is 6.47. The first-order valence-corrected chi connectivity index (χ1v) is 10.9. The first-order valence-electron chi connectivity index (χ1n) is 8.90. The van der Waals surface area contributed by atoms with Gasteiger partial charge in [-0.05, 0) is 43.7 Å². The number of benzene rings is 2. The lowest BCUT2D eigenvalue weighted by Gasteiger charge is -2.10. The van der Waals surface area contributed by atoms with Crippen LogP contribution in [0.5, 0.6) is 5.75 Å². The highest BCUT2D eigenvalue weighted by Crippen LogP contribution is 2.24. The van der Waals surface area contributed by atoms with Crippen LogP contribution in [0.4, 0.5) is 4.39 Å². The number of halogens is 2. The van der Waals surface area contributed by atoms with E-state index in [9.17, 15) is 22.4 Å². The number of esters is 1. The molecule has 1 heterocycles. The molecule has 7 nitrogen and oxygen atoms in total. The van der Waals surface area contributed by atoms with Crippen LogP contribution in [0.25, 0.3) is 0 Å². The Morgan fingerprint density at radius 3 is 2.45 bits per heavy atom. The molecule has 3 aromatic rings. The van der Waals surface area contributed by atoms with Gasteiger partial charge in [0, 0.05) is 0 Å². The lowest BCUT2D eigenvalue weighted by molar-refractivity contribution is 0.0725. The van der Waals surface area contributed by atoms with Crippen molar-refractivity contribution < 1.29 is 27.1 Å². The number of rotatable bonds is 6. The zero-order valence-electron chi connectivity index (χ0n) is 16.4. The molecule has 0 amide bonds. The number of Topliss-reactive ketones (excluding diaryl/α,β-unsaturated/α-hetero) is 1. The smallest absolute Gasteiger partial charge is 0.364 e. The van der Waals surface area contributed by atoms with Gasteiger partial charge in [-0.3, -0.25) is 4.79 Å². The van der Waals surface area contributed by atoms with Gasteiger partial charge in [-0.15, -0.1) is 0 Å². The van der Waals surface area contributed by atoms with Crippen LogP contribution in [0.2, 0.25) is 5.02 Å². The first kappa shape index (κ1) is 22.5. The standard InChI is InChI=1S/C21H16ClFN2O5S/c1-12-3-8-18(16(9-12)13(2)26)30-20(27)19-17(22)10-24-21(25-19)31(28,29)11-14-4-6-15(23)7-5-14/h3-10H,11H2,1-2H3. The molecular formula is C21H16ClFN2O5S. The van der Waals surface area contributed by atoms with Crippen LogP contribution >= 0.6 is 11.6 Å². The number of carbonyl (C=O) groups excluding carboxylic acids is 2. The van der Waals surface area contributed by atoms with Gasteiger partial charge in [-0.1, -0.05) is 35.4 Å². The SMILES string of the molecule is CC(=O)c1cc(C)ccc1OC(=O)c1nc(S(=O)(=O)Cc2ccc(F)cc2)ncc1Cl. The second-order valence-electron chi connectivity index (χ2n) is 6.68. The highest BCUT2D eigenvalue weighted by molar-refractivity contribution is 7.90. The molecule has 0 aliphatic rings. The van der Waals surface area contributed by atoms with E-state index in [4.69, 9.17) is 16.3 Å². The molecule has 31 heavy (non-hydrogen) atoms. The Hall–Kier alpha value is -3.17. The monoisotopic (exact) mass is 462 g/mol. The molecule has 160 valence electrons. The van der Waals surface area contributed by atoms with E-state index in [0.29, 0.717) is 5.56 Å². The Morgan fingerprint density at radius 2 is 1.81 bits per heavy atom. The van der Waals surface area contributed by atoms with Crippen LogP contribution in [-0.4, -0.2) is 30.1 Å². The average molecular weight is 463 g/mol. The van der Waals surface area contributed by atoms with Crippen LogP contribution in [0.3, 0.4) is 0 Å². The fourth-order valence-corrected chi connectivity index (χ4v) is 4.04. The molecule has 0 atom stereocenters. The second-order valence-corrected chi connectivity index (χ2v) is 8.97. The molecule has 0 saturated heterocycles. The normalized spacial score (nSPS) is 11.2. The molecule has 0 aliphatic heterocycles. The van der Waals surface area contributed by atoms with Crippen LogP contribution < -0.4 is 4.74 Å². The number of hydrogen-bond acceptors (Lipinski definition) is 7. The maximum Gasteiger partial charge on any atom is 0.364 e. The molecule has 0 saturated carbocycles. The largest absolute Gasteiger partial charge is 0.421 e. The number of hydrogen-bond donors (Lipinski definition) is 0. The molecule has 0 bridgehead atoms. The molecular weight excluding hydrogens is 447 g/mol. The molecule has 1 aromatic heterocycles. The minimum absolute atomic E-state index is 0.00602. The maximum atomic E-state index is 13.0. The lowest BCUT2D eigenvalue weighted by atomic mass is 10.1. The van der Waals surface area contributed by atoms with Crippen molar-refractivity contribution in [2.24, 2.45) is 0 Å². The van der Waals surface area contributed by atoms with Gasteiger partial charge in [0.1, 0.15) is 11.6 Å². The van der Waals surface area contributed by atoms with Crippen molar-refractivity contribution in [3.63, 3.8) is 0 Å². The summed E-state index contributed by atoms with van der Waals surface area (Å²) in [6, 6.07) is 9.55. The van der Waals surface area contributed by atoms with E-state index < -0.39 is 38.2 Å². The molecule has 2 aromatic carbocycles. The number of sulfone groups is 1. The van der Waals surface area contributed by atoms with Gasteiger partial charge in [-0.2, -0.15) is 0 Å². The quantitative estimate of drug-likeness (QED) is 0.236. The fourth-order valence-electron chi connectivity index (χ4n) is 2.66. The van der Waals surface area contributed by atoms with Crippen molar-refractivity contribution in [1.82, 2.24) is 9.97 Å². The Balaban J connectivity index is 1.91. The summed E-state index contributed by atoms with van der Waals surface area (Å²) in [6.07, 6.45) is 0.976. The minimum Gasteiger partial charge on any atom is -0.421 e. The summed E-state index contributed by atoms with van der Waals surface area (Å²) in [5.41, 5.74) is 0.821. The summed E-state index contributed by atoms with van der Waals surface area (Å²) in [5, 5.41) is -0.855.